The molecule has 2 unspecified atom stereocenters. The molecule has 5 atom stereocenters. The van der Waals surface area contributed by atoms with E-state index in [2.05, 4.69) is 0 Å². The van der Waals surface area contributed by atoms with Gasteiger partial charge >= 0.3 is 0 Å². The number of ether oxygens (including phenoxy) is 2. The third-order valence-electron chi connectivity index (χ3n) is 6.83. The number of carbonyl (C=O) groups excluding carboxylic acids is 2. The highest BCUT2D eigenvalue weighted by Gasteiger charge is 2.90. The second-order valence-corrected chi connectivity index (χ2v) is 7.87. The summed E-state index contributed by atoms with van der Waals surface area (Å²) in [5.41, 5.74) is -0.382. The zero-order chi connectivity index (χ0) is 18.3. The van der Waals surface area contributed by atoms with Crippen LogP contribution >= 0.6 is 0 Å². The molecule has 1 aliphatic heterocycles. The number of hydrogen-bond donors (Lipinski definition) is 0. The lowest BCUT2D eigenvalue weighted by Crippen LogP contribution is -2.39. The Morgan fingerprint density at radius 1 is 0.885 bits per heavy atom. The predicted molar refractivity (Wildman–Crippen MR) is 95.1 cm³/mol. The van der Waals surface area contributed by atoms with Crippen molar-refractivity contribution in [2.75, 3.05) is 7.11 Å². The van der Waals surface area contributed by atoms with Crippen LogP contribution in [0.3, 0.4) is 0 Å². The SMILES string of the molecule is COc1ccc([C@]2(c3ccccc3)[C@@H]3C(=O)C4(C)OC4C(=O)[C@]32C)cc1. The highest BCUT2D eigenvalue weighted by Crippen LogP contribution is 2.78. The molecular weight excluding hydrogens is 328 g/mol. The van der Waals surface area contributed by atoms with E-state index >= 15 is 0 Å². The molecule has 3 fully saturated rings. The number of carbonyl (C=O) groups is 2. The Morgan fingerprint density at radius 2 is 1.50 bits per heavy atom. The fraction of sp³-hybridized carbons (Fsp3) is 0.364. The Labute approximate surface area is 152 Å². The van der Waals surface area contributed by atoms with Crippen LogP contribution < -0.4 is 4.74 Å². The van der Waals surface area contributed by atoms with E-state index in [4.69, 9.17) is 9.47 Å². The molecule has 0 aromatic heterocycles. The number of hydrogen-bond acceptors (Lipinski definition) is 4. The third-order valence-corrected chi connectivity index (χ3v) is 6.83. The Balaban J connectivity index is 1.75. The Morgan fingerprint density at radius 3 is 2.12 bits per heavy atom. The first-order valence-electron chi connectivity index (χ1n) is 8.89. The van der Waals surface area contributed by atoms with Crippen molar-refractivity contribution in [1.82, 2.24) is 0 Å². The Kier molecular flexibility index (Phi) is 2.81. The minimum absolute atomic E-state index is 0.0456. The highest BCUT2D eigenvalue weighted by molar-refractivity contribution is 6.17. The molecule has 2 aromatic carbocycles. The van der Waals surface area contributed by atoms with Gasteiger partial charge in [-0.25, -0.2) is 0 Å². The molecule has 2 aliphatic carbocycles. The molecule has 3 aliphatic rings. The number of epoxide rings is 1. The lowest BCUT2D eigenvalue weighted by Gasteiger charge is -2.23. The summed E-state index contributed by atoms with van der Waals surface area (Å²) in [6.45, 7) is 3.68. The van der Waals surface area contributed by atoms with E-state index in [9.17, 15) is 9.59 Å². The van der Waals surface area contributed by atoms with Crippen molar-refractivity contribution in [3.63, 3.8) is 0 Å². The van der Waals surface area contributed by atoms with Crippen molar-refractivity contribution in [3.8, 4) is 5.75 Å². The van der Waals surface area contributed by atoms with Crippen LogP contribution in [0.25, 0.3) is 0 Å². The molecular formula is C22H20O4. The van der Waals surface area contributed by atoms with E-state index < -0.39 is 28.5 Å². The molecule has 5 rings (SSSR count). The largest absolute Gasteiger partial charge is 0.497 e. The quantitative estimate of drug-likeness (QED) is 0.801. The van der Waals surface area contributed by atoms with Crippen LogP contribution in [-0.4, -0.2) is 30.4 Å². The summed E-state index contributed by atoms with van der Waals surface area (Å²) in [6, 6.07) is 17.6. The topological polar surface area (TPSA) is 55.9 Å². The Bertz CT molecular complexity index is 932. The maximum absolute atomic E-state index is 13.3. The van der Waals surface area contributed by atoms with Crippen LogP contribution in [0.1, 0.15) is 25.0 Å². The van der Waals surface area contributed by atoms with Crippen LogP contribution in [0, 0.1) is 11.3 Å². The van der Waals surface area contributed by atoms with Gasteiger partial charge in [0.15, 0.2) is 23.3 Å². The van der Waals surface area contributed by atoms with Gasteiger partial charge in [0.1, 0.15) is 5.75 Å². The van der Waals surface area contributed by atoms with Gasteiger partial charge in [-0.2, -0.15) is 0 Å². The molecule has 0 bridgehead atoms. The Hall–Kier alpha value is -2.46. The smallest absolute Gasteiger partial charge is 0.172 e. The fourth-order valence-corrected chi connectivity index (χ4v) is 5.33. The minimum atomic E-state index is -0.940. The average Bonchev–Trinajstić information content (AvgIpc) is 3.53. The van der Waals surface area contributed by atoms with E-state index in [1.54, 1.807) is 14.0 Å². The molecule has 0 amide bonds. The van der Waals surface area contributed by atoms with Crippen molar-refractivity contribution in [2.24, 2.45) is 11.3 Å². The summed E-state index contributed by atoms with van der Waals surface area (Å²) in [6.07, 6.45) is -0.597. The number of fused-ring (bicyclic) bond motifs is 2. The lowest BCUT2D eigenvalue weighted by molar-refractivity contribution is -0.132. The van der Waals surface area contributed by atoms with Crippen molar-refractivity contribution in [2.45, 2.75) is 31.0 Å². The second-order valence-electron chi connectivity index (χ2n) is 7.87. The summed E-state index contributed by atoms with van der Waals surface area (Å²) >= 11 is 0. The van der Waals surface area contributed by atoms with Crippen molar-refractivity contribution in [3.05, 3.63) is 65.7 Å². The van der Waals surface area contributed by atoms with Gasteiger partial charge in [-0.1, -0.05) is 49.4 Å². The van der Waals surface area contributed by atoms with Crippen molar-refractivity contribution < 1.29 is 19.1 Å². The molecule has 2 aromatic rings. The normalized spacial score (nSPS) is 39.8. The number of methoxy groups -OCH3 is 1. The first-order chi connectivity index (χ1) is 12.4. The van der Waals surface area contributed by atoms with Gasteiger partial charge in [0, 0.05) is 11.3 Å². The number of ketones is 2. The highest BCUT2D eigenvalue weighted by atomic mass is 16.6. The van der Waals surface area contributed by atoms with Gasteiger partial charge in [-0.15, -0.1) is 0 Å². The van der Waals surface area contributed by atoms with Gasteiger partial charge in [-0.3, -0.25) is 9.59 Å². The first-order valence-corrected chi connectivity index (χ1v) is 8.89. The van der Waals surface area contributed by atoms with Gasteiger partial charge in [0.05, 0.1) is 12.5 Å². The fourth-order valence-electron chi connectivity index (χ4n) is 5.33. The molecule has 0 N–H and O–H groups in total. The van der Waals surface area contributed by atoms with E-state index in [1.165, 1.54) is 0 Å². The van der Waals surface area contributed by atoms with Crippen LogP contribution in [0.2, 0.25) is 0 Å². The van der Waals surface area contributed by atoms with Crippen LogP contribution in [0.15, 0.2) is 54.6 Å². The standard InChI is InChI=1S/C22H20O4/c1-20-16(17(23)21(2)19(26-21)18(20)24)22(20,13-7-5-4-6-8-13)14-9-11-15(25-3)12-10-14/h4-12,16,19H,1-3H3/t16-,19?,20+,21?,22-/m1/s1. The molecule has 1 heterocycles. The van der Waals surface area contributed by atoms with Crippen molar-refractivity contribution >= 4 is 11.6 Å². The first kappa shape index (κ1) is 15.8. The zero-order valence-electron chi connectivity index (χ0n) is 15.0. The van der Waals surface area contributed by atoms with Gasteiger partial charge in [0.25, 0.3) is 0 Å². The van der Waals surface area contributed by atoms with Crippen LogP contribution in [-0.2, 0) is 19.7 Å². The number of benzene rings is 2. The minimum Gasteiger partial charge on any atom is -0.497 e. The number of rotatable bonds is 3. The maximum Gasteiger partial charge on any atom is 0.172 e. The molecule has 4 nitrogen and oxygen atoms in total. The molecule has 4 heteroatoms. The maximum atomic E-state index is 13.3. The average molecular weight is 348 g/mol. The molecule has 1 saturated heterocycles. The van der Waals surface area contributed by atoms with Gasteiger partial charge < -0.3 is 9.47 Å². The molecule has 26 heavy (non-hydrogen) atoms. The molecule has 0 spiro atoms. The third kappa shape index (κ3) is 1.51. The van der Waals surface area contributed by atoms with E-state index in [0.717, 1.165) is 16.9 Å². The lowest BCUT2D eigenvalue weighted by atomic mass is 9.78. The van der Waals surface area contributed by atoms with Crippen molar-refractivity contribution in [1.29, 1.82) is 0 Å². The van der Waals surface area contributed by atoms with E-state index in [-0.39, 0.29) is 11.6 Å². The van der Waals surface area contributed by atoms with E-state index in [0.29, 0.717) is 0 Å². The summed E-state index contributed by atoms with van der Waals surface area (Å²) in [5, 5.41) is 0. The van der Waals surface area contributed by atoms with Gasteiger partial charge in [0.2, 0.25) is 0 Å². The summed E-state index contributed by atoms with van der Waals surface area (Å²) in [4.78, 5) is 26.5. The second kappa shape index (κ2) is 4.63. The molecule has 132 valence electrons. The molecule has 0 radical (unpaired) electrons. The van der Waals surface area contributed by atoms with Gasteiger partial charge in [-0.05, 0) is 30.2 Å². The monoisotopic (exact) mass is 348 g/mol. The summed E-state index contributed by atoms with van der Waals surface area (Å²) < 4.78 is 10.8. The van der Waals surface area contributed by atoms with Crippen LogP contribution in [0.5, 0.6) is 5.75 Å². The summed E-state index contributed by atoms with van der Waals surface area (Å²) in [7, 11) is 1.62. The zero-order valence-corrected chi connectivity index (χ0v) is 15.0. The van der Waals surface area contributed by atoms with E-state index in [1.807, 2.05) is 61.5 Å². The van der Waals surface area contributed by atoms with Crippen LogP contribution in [0.4, 0.5) is 0 Å². The predicted octanol–water partition coefficient (Wildman–Crippen LogP) is 2.93. The summed E-state index contributed by atoms with van der Waals surface area (Å²) in [5.74, 6) is 0.442. The molecule has 2 saturated carbocycles. The number of Topliss-reactive ketones (excluding diaryl/α,β-unsaturated/α-hetero) is 2.